The van der Waals surface area contributed by atoms with Crippen LogP contribution in [0.15, 0.2) is 18.2 Å². The number of ether oxygens (including phenoxy) is 1. The van der Waals surface area contributed by atoms with E-state index in [1.807, 2.05) is 11.9 Å². The second-order valence-corrected chi connectivity index (χ2v) is 4.16. The minimum absolute atomic E-state index is 0.231. The molecule has 0 heterocycles. The lowest BCUT2D eigenvalue weighted by Crippen LogP contribution is -2.21. The van der Waals surface area contributed by atoms with E-state index >= 15 is 0 Å². The first kappa shape index (κ1) is 13.8. The molecule has 0 amide bonds. The maximum atomic E-state index is 13.3. The van der Waals surface area contributed by atoms with Crippen LogP contribution in [0.1, 0.15) is 6.42 Å². The molecule has 1 rings (SSSR count). The standard InChI is InChI=1S/C13H15ClFNO/c1-3-7-16(2)8-4-9-17-13-6-5-11(14)10-12(13)15/h1,5-6,10H,4,7-9H2,2H3. The normalized spacial score (nSPS) is 10.3. The van der Waals surface area contributed by atoms with Crippen LogP contribution in [-0.4, -0.2) is 31.6 Å². The fourth-order valence-electron chi connectivity index (χ4n) is 1.34. The molecule has 0 N–H and O–H groups in total. The summed E-state index contributed by atoms with van der Waals surface area (Å²) in [5.41, 5.74) is 0. The van der Waals surface area contributed by atoms with E-state index in [0.717, 1.165) is 13.0 Å². The Morgan fingerprint density at radius 3 is 2.94 bits per heavy atom. The van der Waals surface area contributed by atoms with Crippen LogP contribution in [0.25, 0.3) is 0 Å². The lowest BCUT2D eigenvalue weighted by Gasteiger charge is -2.13. The summed E-state index contributed by atoms with van der Waals surface area (Å²) in [7, 11) is 1.93. The summed E-state index contributed by atoms with van der Waals surface area (Å²) in [6, 6.07) is 4.37. The van der Waals surface area contributed by atoms with E-state index in [1.165, 1.54) is 12.1 Å². The van der Waals surface area contributed by atoms with Crippen LogP contribution in [-0.2, 0) is 0 Å². The quantitative estimate of drug-likeness (QED) is 0.573. The highest BCUT2D eigenvalue weighted by molar-refractivity contribution is 6.30. The SMILES string of the molecule is C#CCN(C)CCCOc1ccc(Cl)cc1F. The van der Waals surface area contributed by atoms with E-state index < -0.39 is 5.82 Å². The molecule has 4 heteroatoms. The summed E-state index contributed by atoms with van der Waals surface area (Å²) in [4.78, 5) is 2.00. The summed E-state index contributed by atoms with van der Waals surface area (Å²) >= 11 is 5.63. The van der Waals surface area contributed by atoms with Crippen molar-refractivity contribution in [3.63, 3.8) is 0 Å². The second-order valence-electron chi connectivity index (χ2n) is 3.72. The van der Waals surface area contributed by atoms with Crippen LogP contribution in [0.5, 0.6) is 5.75 Å². The third-order valence-corrected chi connectivity index (χ3v) is 2.43. The highest BCUT2D eigenvalue weighted by Crippen LogP contribution is 2.20. The second kappa shape index (κ2) is 7.16. The van der Waals surface area contributed by atoms with E-state index in [9.17, 15) is 4.39 Å². The van der Waals surface area contributed by atoms with Crippen LogP contribution >= 0.6 is 11.6 Å². The molecular weight excluding hydrogens is 241 g/mol. The van der Waals surface area contributed by atoms with Crippen molar-refractivity contribution in [3.05, 3.63) is 29.0 Å². The van der Waals surface area contributed by atoms with Crippen LogP contribution < -0.4 is 4.74 Å². The Kier molecular flexibility index (Phi) is 5.82. The molecule has 0 aromatic heterocycles. The van der Waals surface area contributed by atoms with Crippen molar-refractivity contribution < 1.29 is 9.13 Å². The molecule has 0 aliphatic carbocycles. The summed E-state index contributed by atoms with van der Waals surface area (Å²) < 4.78 is 18.6. The topological polar surface area (TPSA) is 12.5 Å². The molecule has 0 bridgehead atoms. The molecule has 0 fully saturated rings. The molecule has 0 saturated carbocycles. The average molecular weight is 256 g/mol. The fourth-order valence-corrected chi connectivity index (χ4v) is 1.50. The van der Waals surface area contributed by atoms with Gasteiger partial charge in [0.2, 0.25) is 0 Å². The van der Waals surface area contributed by atoms with Crippen LogP contribution in [0.2, 0.25) is 5.02 Å². The largest absolute Gasteiger partial charge is 0.490 e. The maximum absolute atomic E-state index is 13.3. The minimum atomic E-state index is -0.436. The summed E-state index contributed by atoms with van der Waals surface area (Å²) in [5, 5.41) is 0.364. The van der Waals surface area contributed by atoms with Crippen molar-refractivity contribution in [2.45, 2.75) is 6.42 Å². The number of halogens is 2. The highest BCUT2D eigenvalue weighted by Gasteiger charge is 2.03. The van der Waals surface area contributed by atoms with Crippen molar-refractivity contribution in [2.75, 3.05) is 26.7 Å². The maximum Gasteiger partial charge on any atom is 0.166 e. The van der Waals surface area contributed by atoms with Gasteiger partial charge in [0.1, 0.15) is 0 Å². The Hall–Kier alpha value is -1.24. The lowest BCUT2D eigenvalue weighted by atomic mass is 10.3. The molecule has 1 aromatic rings. The summed E-state index contributed by atoms with van der Waals surface area (Å²) in [5.74, 6) is 2.35. The molecule has 0 radical (unpaired) electrons. The first-order valence-corrected chi connectivity index (χ1v) is 5.71. The van der Waals surface area contributed by atoms with Gasteiger partial charge in [0.25, 0.3) is 0 Å². The van der Waals surface area contributed by atoms with Crippen molar-refractivity contribution in [1.82, 2.24) is 4.90 Å². The van der Waals surface area contributed by atoms with Crippen molar-refractivity contribution >= 4 is 11.6 Å². The molecule has 0 aliphatic heterocycles. The van der Waals surface area contributed by atoms with Gasteiger partial charge in [0, 0.05) is 11.6 Å². The molecule has 0 spiro atoms. The Bertz CT molecular complexity index is 403. The predicted octanol–water partition coefficient (Wildman–Crippen LogP) is 2.81. The number of hydrogen-bond donors (Lipinski definition) is 0. The van der Waals surface area contributed by atoms with Crippen LogP contribution in [0.3, 0.4) is 0 Å². The zero-order valence-electron chi connectivity index (χ0n) is 9.75. The van der Waals surface area contributed by atoms with Gasteiger partial charge in [-0.1, -0.05) is 17.5 Å². The van der Waals surface area contributed by atoms with Gasteiger partial charge in [-0.3, -0.25) is 4.90 Å². The Morgan fingerprint density at radius 1 is 1.53 bits per heavy atom. The van der Waals surface area contributed by atoms with Gasteiger partial charge in [-0.15, -0.1) is 6.42 Å². The monoisotopic (exact) mass is 255 g/mol. The molecule has 0 saturated heterocycles. The first-order chi connectivity index (χ1) is 8.13. The van der Waals surface area contributed by atoms with E-state index in [0.29, 0.717) is 18.2 Å². The molecule has 0 aliphatic rings. The number of rotatable bonds is 6. The molecule has 92 valence electrons. The molecule has 17 heavy (non-hydrogen) atoms. The summed E-state index contributed by atoms with van der Waals surface area (Å²) in [6.45, 7) is 1.88. The lowest BCUT2D eigenvalue weighted by molar-refractivity contribution is 0.265. The average Bonchev–Trinajstić information content (AvgIpc) is 2.27. The van der Waals surface area contributed by atoms with Gasteiger partial charge in [-0.05, 0) is 31.7 Å². The van der Waals surface area contributed by atoms with Crippen molar-refractivity contribution in [2.24, 2.45) is 0 Å². The van der Waals surface area contributed by atoms with Gasteiger partial charge in [-0.25, -0.2) is 4.39 Å². The Morgan fingerprint density at radius 2 is 2.29 bits per heavy atom. The Balaban J connectivity index is 2.29. The van der Waals surface area contributed by atoms with E-state index in [1.54, 1.807) is 6.07 Å². The molecule has 0 atom stereocenters. The number of terminal acetylenes is 1. The number of benzene rings is 1. The third-order valence-electron chi connectivity index (χ3n) is 2.20. The molecular formula is C13H15ClFNO. The van der Waals surface area contributed by atoms with Gasteiger partial charge in [0.15, 0.2) is 11.6 Å². The third kappa shape index (κ3) is 5.08. The fraction of sp³-hybridized carbons (Fsp3) is 0.385. The van der Waals surface area contributed by atoms with E-state index in [2.05, 4.69) is 5.92 Å². The van der Waals surface area contributed by atoms with E-state index in [4.69, 9.17) is 22.8 Å². The highest BCUT2D eigenvalue weighted by atomic mass is 35.5. The smallest absolute Gasteiger partial charge is 0.166 e. The van der Waals surface area contributed by atoms with Crippen molar-refractivity contribution in [3.8, 4) is 18.1 Å². The van der Waals surface area contributed by atoms with Gasteiger partial charge < -0.3 is 4.74 Å². The van der Waals surface area contributed by atoms with Crippen LogP contribution in [0, 0.1) is 18.2 Å². The van der Waals surface area contributed by atoms with Gasteiger partial charge >= 0.3 is 0 Å². The van der Waals surface area contributed by atoms with Crippen LogP contribution in [0.4, 0.5) is 4.39 Å². The molecule has 1 aromatic carbocycles. The molecule has 2 nitrogen and oxygen atoms in total. The Labute approximate surface area is 106 Å². The minimum Gasteiger partial charge on any atom is -0.490 e. The summed E-state index contributed by atoms with van der Waals surface area (Å²) in [6.07, 6.45) is 5.97. The number of nitrogens with zero attached hydrogens (tertiary/aromatic N) is 1. The zero-order valence-corrected chi connectivity index (χ0v) is 10.5. The predicted molar refractivity (Wildman–Crippen MR) is 67.9 cm³/mol. The van der Waals surface area contributed by atoms with Crippen molar-refractivity contribution in [1.29, 1.82) is 0 Å². The molecule has 0 unspecified atom stereocenters. The zero-order chi connectivity index (χ0) is 12.7. The van der Waals surface area contributed by atoms with Gasteiger partial charge in [0.05, 0.1) is 13.2 Å². The van der Waals surface area contributed by atoms with E-state index in [-0.39, 0.29) is 5.75 Å². The number of hydrogen-bond acceptors (Lipinski definition) is 2. The van der Waals surface area contributed by atoms with Gasteiger partial charge in [-0.2, -0.15) is 0 Å². The first-order valence-electron chi connectivity index (χ1n) is 5.33.